The number of epoxide rings is 1. The van der Waals surface area contributed by atoms with Crippen LogP contribution in [0.3, 0.4) is 0 Å². The second kappa shape index (κ2) is 3.91. The molecule has 1 fully saturated rings. The van der Waals surface area contributed by atoms with Crippen LogP contribution in [0.25, 0.3) is 0 Å². The number of hydrogen-bond acceptors (Lipinski definition) is 1. The number of ether oxygens (including phenoxy) is 1. The van der Waals surface area contributed by atoms with Gasteiger partial charge in [-0.2, -0.15) is 0 Å². The zero-order valence-electron chi connectivity index (χ0n) is 6.48. The van der Waals surface area contributed by atoms with Crippen molar-refractivity contribution in [3.63, 3.8) is 0 Å². The molecule has 0 amide bonds. The molecule has 2 atom stereocenters. The molecule has 0 spiro atoms. The molecule has 10 heavy (non-hydrogen) atoms. The summed E-state index contributed by atoms with van der Waals surface area (Å²) in [7, 11) is 0. The zero-order chi connectivity index (χ0) is 7.40. The summed E-state index contributed by atoms with van der Waals surface area (Å²) in [6.07, 6.45) is 4.80. The number of halogens is 1. The van der Waals surface area contributed by atoms with Crippen LogP contribution in [0.2, 0.25) is 0 Å². The lowest BCUT2D eigenvalue weighted by atomic mass is 10.1. The smallest absolute Gasteiger partial charge is 0.225 e. The van der Waals surface area contributed by atoms with Crippen molar-refractivity contribution in [2.24, 2.45) is 0 Å². The van der Waals surface area contributed by atoms with Gasteiger partial charge in [0.1, 0.15) is 6.10 Å². The van der Waals surface area contributed by atoms with Crippen LogP contribution in [0.15, 0.2) is 0 Å². The molecular weight excluding hydrogens is 131 g/mol. The fourth-order valence-corrected chi connectivity index (χ4v) is 1.09. The van der Waals surface area contributed by atoms with E-state index in [-0.39, 0.29) is 6.10 Å². The van der Waals surface area contributed by atoms with E-state index in [0.29, 0.717) is 0 Å². The molecule has 2 heteroatoms. The summed E-state index contributed by atoms with van der Waals surface area (Å²) < 4.78 is 16.7. The summed E-state index contributed by atoms with van der Waals surface area (Å²) in [6.45, 7) is 2.17. The van der Waals surface area contributed by atoms with Crippen molar-refractivity contribution >= 4 is 0 Å². The molecule has 0 aliphatic carbocycles. The van der Waals surface area contributed by atoms with Crippen molar-refractivity contribution in [2.45, 2.75) is 51.5 Å². The molecule has 1 heterocycles. The first kappa shape index (κ1) is 7.99. The summed E-state index contributed by atoms with van der Waals surface area (Å²) >= 11 is 0. The molecule has 2 unspecified atom stereocenters. The highest BCUT2D eigenvalue weighted by atomic mass is 19.2. The number of unbranched alkanes of at least 4 members (excludes halogenated alkanes) is 3. The van der Waals surface area contributed by atoms with E-state index in [0.717, 1.165) is 12.8 Å². The third-order valence-corrected chi connectivity index (χ3v) is 1.86. The van der Waals surface area contributed by atoms with Gasteiger partial charge < -0.3 is 4.74 Å². The Morgan fingerprint density at radius 1 is 1.30 bits per heavy atom. The van der Waals surface area contributed by atoms with Crippen LogP contribution in [0.1, 0.15) is 39.0 Å². The minimum absolute atomic E-state index is 0.0446. The molecule has 0 radical (unpaired) electrons. The predicted octanol–water partition coefficient (Wildman–Crippen LogP) is 2.65. The predicted molar refractivity (Wildman–Crippen MR) is 38.5 cm³/mol. The van der Waals surface area contributed by atoms with Gasteiger partial charge in [-0.05, 0) is 6.42 Å². The van der Waals surface area contributed by atoms with Gasteiger partial charge in [-0.25, -0.2) is 4.39 Å². The van der Waals surface area contributed by atoms with Gasteiger partial charge in [0.15, 0.2) is 0 Å². The molecule has 0 aromatic rings. The largest absolute Gasteiger partial charge is 0.337 e. The third-order valence-electron chi connectivity index (χ3n) is 1.86. The Labute approximate surface area is 61.6 Å². The van der Waals surface area contributed by atoms with E-state index in [2.05, 4.69) is 11.7 Å². The van der Waals surface area contributed by atoms with Crippen molar-refractivity contribution in [3.05, 3.63) is 0 Å². The Bertz CT molecular complexity index is 95.3. The summed E-state index contributed by atoms with van der Waals surface area (Å²) in [6, 6.07) is 0. The Morgan fingerprint density at radius 2 is 2.00 bits per heavy atom. The van der Waals surface area contributed by atoms with Crippen LogP contribution in [0, 0.1) is 0 Å². The standard InChI is InChI=1S/C8H15FO/c1-2-3-4-5-6-7-8(9)10-7/h7-8H,2-6H2,1H3. The molecule has 0 saturated carbocycles. The fraction of sp³-hybridized carbons (Fsp3) is 1.00. The molecule has 1 aliphatic heterocycles. The minimum Gasteiger partial charge on any atom is -0.337 e. The van der Waals surface area contributed by atoms with E-state index in [1.54, 1.807) is 0 Å². The molecule has 0 bridgehead atoms. The lowest BCUT2D eigenvalue weighted by Crippen LogP contribution is -1.87. The van der Waals surface area contributed by atoms with E-state index in [1.807, 2.05) is 0 Å². The van der Waals surface area contributed by atoms with Crippen molar-refractivity contribution in [1.29, 1.82) is 0 Å². The fourth-order valence-electron chi connectivity index (χ4n) is 1.09. The van der Waals surface area contributed by atoms with Gasteiger partial charge in [-0.3, -0.25) is 0 Å². The molecule has 0 N–H and O–H groups in total. The Hall–Kier alpha value is -0.110. The van der Waals surface area contributed by atoms with Crippen LogP contribution < -0.4 is 0 Å². The van der Waals surface area contributed by atoms with Gasteiger partial charge in [-0.1, -0.05) is 32.6 Å². The first-order valence-corrected chi connectivity index (χ1v) is 4.14. The molecule has 1 saturated heterocycles. The van der Waals surface area contributed by atoms with Crippen LogP contribution in [-0.2, 0) is 4.74 Å². The van der Waals surface area contributed by atoms with Gasteiger partial charge >= 0.3 is 0 Å². The van der Waals surface area contributed by atoms with Crippen LogP contribution in [0.5, 0.6) is 0 Å². The highest BCUT2D eigenvalue weighted by Crippen LogP contribution is 2.27. The average molecular weight is 146 g/mol. The molecule has 1 aliphatic rings. The van der Waals surface area contributed by atoms with Crippen molar-refractivity contribution in [1.82, 2.24) is 0 Å². The van der Waals surface area contributed by atoms with Gasteiger partial charge in [0.05, 0.1) is 0 Å². The summed E-state index contributed by atoms with van der Waals surface area (Å²) in [5, 5.41) is 0. The van der Waals surface area contributed by atoms with Crippen LogP contribution in [0.4, 0.5) is 4.39 Å². The van der Waals surface area contributed by atoms with Crippen molar-refractivity contribution < 1.29 is 9.13 Å². The SMILES string of the molecule is CCCCCCC1OC1F. The second-order valence-electron chi connectivity index (χ2n) is 2.88. The van der Waals surface area contributed by atoms with Crippen LogP contribution in [-0.4, -0.2) is 12.5 Å². The monoisotopic (exact) mass is 146 g/mol. The highest BCUT2D eigenvalue weighted by Gasteiger charge is 2.37. The third kappa shape index (κ3) is 2.65. The molecule has 0 aromatic heterocycles. The van der Waals surface area contributed by atoms with Crippen molar-refractivity contribution in [2.75, 3.05) is 0 Å². The Balaban J connectivity index is 1.78. The van der Waals surface area contributed by atoms with Gasteiger partial charge in [0, 0.05) is 0 Å². The summed E-state index contributed by atoms with van der Waals surface area (Å²) in [4.78, 5) is 0. The zero-order valence-corrected chi connectivity index (χ0v) is 6.48. The topological polar surface area (TPSA) is 12.5 Å². The average Bonchev–Trinajstić information content (AvgIpc) is 2.60. The lowest BCUT2D eigenvalue weighted by Gasteiger charge is -1.93. The lowest BCUT2D eigenvalue weighted by molar-refractivity contribution is 0.263. The van der Waals surface area contributed by atoms with Gasteiger partial charge in [-0.15, -0.1) is 0 Å². The molecular formula is C8H15FO. The van der Waals surface area contributed by atoms with Crippen LogP contribution >= 0.6 is 0 Å². The maximum absolute atomic E-state index is 12.1. The Morgan fingerprint density at radius 3 is 2.50 bits per heavy atom. The molecule has 1 nitrogen and oxygen atoms in total. The summed E-state index contributed by atoms with van der Waals surface area (Å²) in [5.74, 6) is 0. The van der Waals surface area contributed by atoms with E-state index in [9.17, 15) is 4.39 Å². The maximum Gasteiger partial charge on any atom is 0.225 e. The van der Waals surface area contributed by atoms with Crippen molar-refractivity contribution in [3.8, 4) is 0 Å². The van der Waals surface area contributed by atoms with E-state index in [1.165, 1.54) is 19.3 Å². The molecule has 1 rings (SSSR count). The first-order chi connectivity index (χ1) is 4.84. The van der Waals surface area contributed by atoms with Gasteiger partial charge in [0.25, 0.3) is 0 Å². The molecule has 60 valence electrons. The quantitative estimate of drug-likeness (QED) is 0.429. The normalized spacial score (nSPS) is 30.6. The highest BCUT2D eigenvalue weighted by molar-refractivity contribution is 4.74. The number of hydrogen-bond donors (Lipinski definition) is 0. The second-order valence-corrected chi connectivity index (χ2v) is 2.88. The maximum atomic E-state index is 12.1. The summed E-state index contributed by atoms with van der Waals surface area (Å²) in [5.41, 5.74) is 0. The number of alkyl halides is 1. The Kier molecular flexibility index (Phi) is 3.13. The minimum atomic E-state index is -0.929. The first-order valence-electron chi connectivity index (χ1n) is 4.14. The molecule has 0 aromatic carbocycles. The number of rotatable bonds is 5. The van der Waals surface area contributed by atoms with Gasteiger partial charge in [0.2, 0.25) is 6.36 Å². The van der Waals surface area contributed by atoms with E-state index < -0.39 is 6.36 Å². The van der Waals surface area contributed by atoms with E-state index in [4.69, 9.17) is 0 Å². The van der Waals surface area contributed by atoms with E-state index >= 15 is 0 Å².